The number of H-pyrrole nitrogens is 1. The molecule has 2 aromatic carbocycles. The molecule has 0 fully saturated rings. The molecule has 7 heteroatoms. The zero-order valence-corrected chi connectivity index (χ0v) is 18.4. The maximum atomic E-state index is 13.3. The highest BCUT2D eigenvalue weighted by atomic mass is 16.5. The minimum atomic E-state index is -0.751. The van der Waals surface area contributed by atoms with E-state index in [0.717, 1.165) is 22.0 Å². The van der Waals surface area contributed by atoms with Gasteiger partial charge in [0.15, 0.2) is 0 Å². The molecule has 2 unspecified atom stereocenters. The van der Waals surface area contributed by atoms with Crippen LogP contribution in [-0.2, 0) is 14.3 Å². The first-order valence-corrected chi connectivity index (χ1v) is 10.7. The third-order valence-electron chi connectivity index (χ3n) is 5.82. The Bertz CT molecular complexity index is 1170. The zero-order chi connectivity index (χ0) is 22.8. The highest BCUT2D eigenvalue weighted by Crippen LogP contribution is 2.40. The molecule has 2 atom stereocenters. The average Bonchev–Trinajstić information content (AvgIpc) is 3.31. The van der Waals surface area contributed by atoms with E-state index in [1.165, 1.54) is 7.11 Å². The van der Waals surface area contributed by atoms with E-state index in [1.807, 2.05) is 62.5 Å². The van der Waals surface area contributed by atoms with E-state index in [4.69, 9.17) is 4.74 Å². The molecule has 1 aromatic heterocycles. The van der Waals surface area contributed by atoms with Gasteiger partial charge in [-0.2, -0.15) is 0 Å². The van der Waals surface area contributed by atoms with Gasteiger partial charge in [-0.05, 0) is 30.0 Å². The molecular weight excluding hydrogens is 406 g/mol. The van der Waals surface area contributed by atoms with E-state index in [-0.39, 0.29) is 18.4 Å². The fourth-order valence-electron chi connectivity index (χ4n) is 4.41. The molecule has 1 aliphatic heterocycles. The summed E-state index contributed by atoms with van der Waals surface area (Å²) >= 11 is 0. The van der Waals surface area contributed by atoms with E-state index in [1.54, 1.807) is 11.0 Å². The topological polar surface area (TPSA) is 91.5 Å². The van der Waals surface area contributed by atoms with Crippen LogP contribution in [0.4, 0.5) is 0 Å². The van der Waals surface area contributed by atoms with Crippen LogP contribution in [0.15, 0.2) is 54.7 Å². The fourth-order valence-corrected chi connectivity index (χ4v) is 4.41. The van der Waals surface area contributed by atoms with Crippen molar-refractivity contribution in [1.82, 2.24) is 15.2 Å². The Morgan fingerprint density at radius 3 is 2.56 bits per heavy atom. The minimum absolute atomic E-state index is 0.163. The molecule has 0 saturated heterocycles. The molecule has 1 aliphatic rings. The summed E-state index contributed by atoms with van der Waals surface area (Å²) < 4.78 is 4.85. The van der Waals surface area contributed by atoms with Crippen LogP contribution in [0.2, 0.25) is 0 Å². The van der Waals surface area contributed by atoms with E-state index in [2.05, 4.69) is 10.3 Å². The Morgan fingerprint density at radius 2 is 1.81 bits per heavy atom. The number of nitrogens with zero attached hydrogens (tertiary/aromatic N) is 1. The monoisotopic (exact) mass is 433 g/mol. The van der Waals surface area contributed by atoms with Gasteiger partial charge in [-0.15, -0.1) is 0 Å². The second-order valence-corrected chi connectivity index (χ2v) is 8.49. The van der Waals surface area contributed by atoms with Crippen molar-refractivity contribution in [1.29, 1.82) is 0 Å². The van der Waals surface area contributed by atoms with Gasteiger partial charge in [-0.25, -0.2) is 4.79 Å². The fraction of sp³-hybridized carbons (Fsp3) is 0.320. The van der Waals surface area contributed by atoms with Gasteiger partial charge in [0.25, 0.3) is 5.91 Å². The molecule has 2 amide bonds. The lowest BCUT2D eigenvalue weighted by molar-refractivity contribution is -0.145. The molecule has 0 aliphatic carbocycles. The van der Waals surface area contributed by atoms with Crippen molar-refractivity contribution in [2.75, 3.05) is 13.7 Å². The molecule has 2 N–H and O–H groups in total. The number of aromatic amines is 1. The minimum Gasteiger partial charge on any atom is -0.467 e. The number of rotatable bonds is 7. The number of esters is 1. The van der Waals surface area contributed by atoms with Gasteiger partial charge >= 0.3 is 5.97 Å². The summed E-state index contributed by atoms with van der Waals surface area (Å²) in [6.07, 6.45) is 2.35. The van der Waals surface area contributed by atoms with Crippen molar-refractivity contribution >= 4 is 28.7 Å². The van der Waals surface area contributed by atoms with Gasteiger partial charge < -0.3 is 19.9 Å². The van der Waals surface area contributed by atoms with Crippen LogP contribution < -0.4 is 5.32 Å². The third kappa shape index (κ3) is 3.98. The summed E-state index contributed by atoms with van der Waals surface area (Å²) in [6, 6.07) is 14.2. The maximum Gasteiger partial charge on any atom is 0.328 e. The highest BCUT2D eigenvalue weighted by molar-refractivity contribution is 6.02. The standard InChI is InChI=1S/C25H27N3O4/c1-15(2)12-21(25(31)32-3)27-22(29)14-28-23(17-9-4-5-10-18(17)24(28)30)19-13-26-20-11-7-6-8-16(19)20/h4-11,13,15,21,23,26H,12,14H2,1-3H3,(H,27,29). The number of aromatic nitrogens is 1. The number of amides is 2. The molecule has 3 aromatic rings. The number of para-hydroxylation sites is 1. The Morgan fingerprint density at radius 1 is 1.09 bits per heavy atom. The molecule has 4 rings (SSSR count). The van der Waals surface area contributed by atoms with E-state index in [9.17, 15) is 14.4 Å². The smallest absolute Gasteiger partial charge is 0.328 e. The van der Waals surface area contributed by atoms with Gasteiger partial charge in [0.2, 0.25) is 5.91 Å². The Kier molecular flexibility index (Phi) is 5.99. The Balaban J connectivity index is 1.65. The predicted molar refractivity (Wildman–Crippen MR) is 121 cm³/mol. The van der Waals surface area contributed by atoms with E-state index in [0.29, 0.717) is 12.0 Å². The van der Waals surface area contributed by atoms with Crippen molar-refractivity contribution < 1.29 is 19.1 Å². The summed E-state index contributed by atoms with van der Waals surface area (Å²) in [6.45, 7) is 3.77. The molecule has 166 valence electrons. The quantitative estimate of drug-likeness (QED) is 0.559. The first-order valence-electron chi connectivity index (χ1n) is 10.7. The number of benzene rings is 2. The van der Waals surface area contributed by atoms with Gasteiger partial charge in [-0.1, -0.05) is 50.2 Å². The largest absolute Gasteiger partial charge is 0.467 e. The van der Waals surface area contributed by atoms with Crippen molar-refractivity contribution in [3.63, 3.8) is 0 Å². The van der Waals surface area contributed by atoms with Gasteiger partial charge in [-0.3, -0.25) is 9.59 Å². The molecule has 7 nitrogen and oxygen atoms in total. The highest BCUT2D eigenvalue weighted by Gasteiger charge is 2.39. The van der Waals surface area contributed by atoms with E-state index < -0.39 is 24.0 Å². The number of nitrogens with one attached hydrogen (secondary N) is 2. The van der Waals surface area contributed by atoms with Crippen LogP contribution in [0.1, 0.15) is 47.8 Å². The van der Waals surface area contributed by atoms with Crippen LogP contribution in [0.5, 0.6) is 0 Å². The molecular formula is C25H27N3O4. The molecule has 2 heterocycles. The lowest BCUT2D eigenvalue weighted by Gasteiger charge is -2.26. The summed E-state index contributed by atoms with van der Waals surface area (Å²) in [5, 5.41) is 3.76. The molecule has 32 heavy (non-hydrogen) atoms. The van der Waals surface area contributed by atoms with E-state index >= 15 is 0 Å². The molecule has 0 bridgehead atoms. The molecule has 0 spiro atoms. The number of fused-ring (bicyclic) bond motifs is 2. The van der Waals surface area contributed by atoms with Crippen molar-refractivity contribution in [3.8, 4) is 0 Å². The number of hydrogen-bond acceptors (Lipinski definition) is 4. The SMILES string of the molecule is COC(=O)C(CC(C)C)NC(=O)CN1C(=O)c2ccccc2C1c1c[nH]c2ccccc12. The molecule has 0 radical (unpaired) electrons. The lowest BCUT2D eigenvalue weighted by atomic mass is 9.97. The number of hydrogen-bond donors (Lipinski definition) is 2. The second-order valence-electron chi connectivity index (χ2n) is 8.49. The van der Waals surface area contributed by atoms with Crippen molar-refractivity contribution in [2.45, 2.75) is 32.4 Å². The summed E-state index contributed by atoms with van der Waals surface area (Å²) in [5.74, 6) is -0.899. The van der Waals surface area contributed by atoms with Crippen LogP contribution in [0, 0.1) is 5.92 Å². The van der Waals surface area contributed by atoms with Gasteiger partial charge in [0.05, 0.1) is 13.2 Å². The number of carbonyl (C=O) groups is 3. The zero-order valence-electron chi connectivity index (χ0n) is 18.4. The lowest BCUT2D eigenvalue weighted by Crippen LogP contribution is -2.47. The predicted octanol–water partition coefficient (Wildman–Crippen LogP) is 3.42. The Hall–Kier alpha value is -3.61. The molecule has 0 saturated carbocycles. The maximum absolute atomic E-state index is 13.3. The van der Waals surface area contributed by atoms with Crippen molar-refractivity contribution in [3.05, 3.63) is 71.4 Å². The summed E-state index contributed by atoms with van der Waals surface area (Å²) in [7, 11) is 1.30. The van der Waals surface area contributed by atoms with Crippen LogP contribution in [-0.4, -0.2) is 47.4 Å². The van der Waals surface area contributed by atoms with Crippen LogP contribution >= 0.6 is 0 Å². The van der Waals surface area contributed by atoms with Crippen LogP contribution in [0.25, 0.3) is 10.9 Å². The van der Waals surface area contributed by atoms with Crippen molar-refractivity contribution in [2.24, 2.45) is 5.92 Å². The second kappa shape index (κ2) is 8.86. The number of carbonyl (C=O) groups excluding carboxylic acids is 3. The third-order valence-corrected chi connectivity index (χ3v) is 5.82. The summed E-state index contributed by atoms with van der Waals surface area (Å²) in [5.41, 5.74) is 3.34. The average molecular weight is 434 g/mol. The number of ether oxygens (including phenoxy) is 1. The summed E-state index contributed by atoms with van der Waals surface area (Å²) in [4.78, 5) is 43.2. The first-order chi connectivity index (χ1) is 15.4. The Labute approximate surface area is 186 Å². The number of methoxy groups -OCH3 is 1. The van der Waals surface area contributed by atoms with Crippen LogP contribution in [0.3, 0.4) is 0 Å². The van der Waals surface area contributed by atoms with Gasteiger partial charge in [0, 0.05) is 28.2 Å². The normalized spacial score (nSPS) is 16.3. The van der Waals surface area contributed by atoms with Gasteiger partial charge in [0.1, 0.15) is 12.6 Å². The first kappa shape index (κ1) is 21.6.